The lowest BCUT2D eigenvalue weighted by molar-refractivity contribution is -0.421. The highest BCUT2D eigenvalue weighted by Crippen LogP contribution is 2.44. The summed E-state index contributed by atoms with van der Waals surface area (Å²) in [5.74, 6) is -3.61. The van der Waals surface area contributed by atoms with Crippen molar-refractivity contribution < 1.29 is 119 Å². The quantitative estimate of drug-likeness (QED) is 0.0260. The highest BCUT2D eigenvalue weighted by molar-refractivity contribution is 5.89. The number of ether oxygens (including phenoxy) is 8. The molecule has 1 aromatic heterocycles. The second kappa shape index (κ2) is 20.7. The Morgan fingerprint density at radius 2 is 1.31 bits per heavy atom. The van der Waals surface area contributed by atoms with Gasteiger partial charge < -0.3 is 109 Å². The maximum absolute atomic E-state index is 12.8. The normalized spacial score (nSPS) is 32.3. The lowest BCUT2D eigenvalue weighted by Crippen LogP contribution is -2.65. The predicted octanol–water partition coefficient (Wildman–Crippen LogP) is -2.97. The van der Waals surface area contributed by atoms with Gasteiger partial charge in [-0.2, -0.15) is 0 Å². The summed E-state index contributed by atoms with van der Waals surface area (Å²) in [6.07, 6.45) is -25.7. The molecule has 67 heavy (non-hydrogen) atoms. The average molecular weight is 949 g/mol. The number of fused-ring (bicyclic) bond motifs is 1. The van der Waals surface area contributed by atoms with Crippen molar-refractivity contribution in [3.05, 3.63) is 66.2 Å². The summed E-state index contributed by atoms with van der Waals surface area (Å²) in [6.45, 7) is -2.69. The number of carbonyl (C=O) groups excluding carboxylic acids is 1. The molecule has 15 atom stereocenters. The van der Waals surface area contributed by atoms with Gasteiger partial charge in [0.25, 0.3) is 0 Å². The Bertz CT molecular complexity index is 2390. The number of aromatic hydroxyl groups is 4. The first kappa shape index (κ1) is 49.2. The van der Waals surface area contributed by atoms with Crippen molar-refractivity contribution in [2.75, 3.05) is 26.9 Å². The van der Waals surface area contributed by atoms with Gasteiger partial charge in [-0.15, -0.1) is 6.61 Å². The molecule has 0 unspecified atom stereocenters. The van der Waals surface area contributed by atoms with Gasteiger partial charge in [-0.3, -0.25) is 0 Å². The largest absolute Gasteiger partial charge is 0.853 e. The molecule has 24 heteroatoms. The Hall–Kier alpha value is -5.68. The molecule has 0 saturated carbocycles. The van der Waals surface area contributed by atoms with Gasteiger partial charge in [0.2, 0.25) is 18.3 Å². The van der Waals surface area contributed by atoms with E-state index in [2.05, 4.69) is 0 Å². The zero-order valence-electron chi connectivity index (χ0n) is 34.9. The molecule has 3 aliphatic heterocycles. The fraction of sp³-hybridized carbons (Fsp3) is 0.442. The Kier molecular flexibility index (Phi) is 15.2. The maximum atomic E-state index is 12.8. The number of hydrogen-bond acceptors (Lipinski definition) is 23. The third-order valence-corrected chi connectivity index (χ3v) is 11.1. The van der Waals surface area contributed by atoms with E-state index < -0.39 is 135 Å². The lowest BCUT2D eigenvalue weighted by atomic mass is 9.97. The molecule has 364 valence electrons. The zero-order chi connectivity index (χ0) is 48.4. The van der Waals surface area contributed by atoms with Crippen LogP contribution in [0.1, 0.15) is 5.56 Å². The number of esters is 1. The summed E-state index contributed by atoms with van der Waals surface area (Å²) in [4.78, 5) is 12.8. The molecule has 3 aliphatic rings. The molecule has 24 nitrogen and oxygen atoms in total. The van der Waals surface area contributed by atoms with Crippen LogP contribution in [0.5, 0.6) is 40.2 Å². The first-order chi connectivity index (χ1) is 31.9. The summed E-state index contributed by atoms with van der Waals surface area (Å²) in [5, 5.41) is 148. The number of phenols is 4. The molecule has 0 amide bonds. The van der Waals surface area contributed by atoms with Crippen LogP contribution in [0.2, 0.25) is 0 Å². The van der Waals surface area contributed by atoms with Crippen molar-refractivity contribution in [2.24, 2.45) is 0 Å². The number of hydrogen-bond donors (Lipinski definition) is 13. The molecule has 0 radical (unpaired) electrons. The van der Waals surface area contributed by atoms with E-state index in [0.717, 1.165) is 24.3 Å². The first-order valence-corrected chi connectivity index (χ1v) is 20.4. The van der Waals surface area contributed by atoms with Crippen molar-refractivity contribution in [1.29, 1.82) is 0 Å². The van der Waals surface area contributed by atoms with E-state index in [1.165, 1.54) is 49.6 Å². The van der Waals surface area contributed by atoms with Gasteiger partial charge in [-0.05, 0) is 35.9 Å². The van der Waals surface area contributed by atoms with Gasteiger partial charge in [0.1, 0.15) is 84.5 Å². The van der Waals surface area contributed by atoms with Gasteiger partial charge in [-0.25, -0.2) is 9.21 Å². The van der Waals surface area contributed by atoms with Crippen molar-refractivity contribution in [1.82, 2.24) is 0 Å². The van der Waals surface area contributed by atoms with Gasteiger partial charge in [0, 0.05) is 24.3 Å². The second-order valence-electron chi connectivity index (χ2n) is 15.6. The van der Waals surface area contributed by atoms with E-state index in [0.29, 0.717) is 0 Å². The molecule has 0 aliphatic carbocycles. The molecular formula is C43H48O24. The minimum absolute atomic E-state index is 0.0646. The molecule has 3 saturated heterocycles. The number of benzene rings is 3. The van der Waals surface area contributed by atoms with Crippen LogP contribution in [0, 0.1) is 0 Å². The number of phenolic OH excluding ortho intramolecular Hbond substituents is 4. The first-order valence-electron chi connectivity index (χ1n) is 20.4. The van der Waals surface area contributed by atoms with Crippen molar-refractivity contribution in [3.8, 4) is 51.6 Å². The van der Waals surface area contributed by atoms with Crippen LogP contribution in [0.4, 0.5) is 0 Å². The summed E-state index contributed by atoms with van der Waals surface area (Å²) >= 11 is 0. The monoisotopic (exact) mass is 948 g/mol. The molecule has 0 bridgehead atoms. The molecule has 3 aromatic carbocycles. The van der Waals surface area contributed by atoms with Gasteiger partial charge in [0.15, 0.2) is 35.4 Å². The van der Waals surface area contributed by atoms with Gasteiger partial charge >= 0.3 is 17.3 Å². The zero-order valence-corrected chi connectivity index (χ0v) is 34.9. The standard InChI is InChI=1S/C43H48O24/c1-59-25-9-17(4-6-21(25)48)39-26(12-19-23(61-39)10-18(46)11-24(19)62-41-37(57)34(54)31(51)27(13-44)64-41)63-43-40(67-42-38(58)35(55)32(52)28(14-45)65-42)36(56)33(53)29(66-43)15-60-30(50)7-3-16-2-5-20(47)22(49)8-16/h2-12,27-29,31-38,40-44,46-49,51-58H,13-15H2,1H3/b7-3+/t27-,28-,29-,31-,32-,33-,34+,35+,36+,37-,38-,40-,41-,42+,43-/m1/s1. The van der Waals surface area contributed by atoms with E-state index in [1.807, 2.05) is 0 Å². The van der Waals surface area contributed by atoms with Crippen LogP contribution in [0.15, 0.2) is 65.1 Å². The van der Waals surface area contributed by atoms with Crippen LogP contribution in [0.3, 0.4) is 0 Å². The van der Waals surface area contributed by atoms with E-state index in [4.69, 9.17) is 42.3 Å². The second-order valence-corrected chi connectivity index (χ2v) is 15.6. The molecule has 4 aromatic rings. The van der Waals surface area contributed by atoms with Gasteiger partial charge in [-0.1, -0.05) is 6.07 Å². The van der Waals surface area contributed by atoms with Crippen LogP contribution in [-0.4, -0.2) is 191 Å². The fourth-order valence-electron chi connectivity index (χ4n) is 7.42. The summed E-state index contributed by atoms with van der Waals surface area (Å²) < 4.78 is 51.9. The number of rotatable bonds is 14. The molecule has 0 spiro atoms. The van der Waals surface area contributed by atoms with Crippen LogP contribution in [0.25, 0.3) is 28.4 Å². The van der Waals surface area contributed by atoms with Crippen LogP contribution >= 0.6 is 0 Å². The topological polar surface area (TPSA) is 388 Å². The number of carbonyl (C=O) groups is 1. The SMILES string of the molecule is COc1cc(-c2[o+]c3cc(O)cc(O[C@@H]4O[C@H](CO)[C@@H](O)[C@H](O)[C@H]4O)c3cc2O[C@@H]2O[C@H](COC(=O)/C=C/c3ccc(O)c(O)c3)[C@@H](O)[C@H](O)[C@H]2O[C@@H]2O[C@H](C[O-])[C@@H](O)[C@H](O)[C@H]2O)ccc1O. The third-order valence-electron chi connectivity index (χ3n) is 11.1. The van der Waals surface area contributed by atoms with Gasteiger partial charge in [0.05, 0.1) is 31.5 Å². The Labute approximate surface area is 378 Å². The minimum Gasteiger partial charge on any atom is -0.853 e. The average Bonchev–Trinajstić information content (AvgIpc) is 3.31. The highest BCUT2D eigenvalue weighted by Gasteiger charge is 2.52. The lowest BCUT2D eigenvalue weighted by Gasteiger charge is -2.46. The molecule has 7 rings (SSSR count). The summed E-state index contributed by atoms with van der Waals surface area (Å²) in [5.41, 5.74) is 0.242. The van der Waals surface area contributed by atoms with Crippen molar-refractivity contribution in [3.63, 3.8) is 0 Å². The Morgan fingerprint density at radius 1 is 0.672 bits per heavy atom. The van der Waals surface area contributed by atoms with E-state index in [1.54, 1.807) is 0 Å². The molecule has 13 N–H and O–H groups in total. The highest BCUT2D eigenvalue weighted by atomic mass is 16.8. The molecule has 3 fully saturated rings. The summed E-state index contributed by atoms with van der Waals surface area (Å²) in [6, 6.07) is 11.0. The number of aliphatic hydroxyl groups excluding tert-OH is 9. The molecular weight excluding hydrogens is 900 g/mol. The Morgan fingerprint density at radius 3 is 2.00 bits per heavy atom. The van der Waals surface area contributed by atoms with Crippen LogP contribution in [-0.2, 0) is 28.5 Å². The Balaban J connectivity index is 1.28. The number of methoxy groups -OCH3 is 1. The third kappa shape index (κ3) is 10.4. The smallest absolute Gasteiger partial charge is 0.402 e. The molecule has 4 heterocycles. The van der Waals surface area contributed by atoms with E-state index in [-0.39, 0.29) is 50.9 Å². The van der Waals surface area contributed by atoms with Crippen molar-refractivity contribution >= 4 is 23.0 Å². The predicted molar refractivity (Wildman–Crippen MR) is 218 cm³/mol. The van der Waals surface area contributed by atoms with Crippen molar-refractivity contribution in [2.45, 2.75) is 92.1 Å². The van der Waals surface area contributed by atoms with E-state index >= 15 is 0 Å². The minimum atomic E-state index is -2.10. The van der Waals surface area contributed by atoms with Crippen LogP contribution < -0.4 is 19.3 Å². The summed E-state index contributed by atoms with van der Waals surface area (Å²) in [7, 11) is 1.26. The maximum Gasteiger partial charge on any atom is 0.402 e. The van der Waals surface area contributed by atoms with E-state index in [9.17, 15) is 76.3 Å². The number of aliphatic hydroxyl groups is 9. The fourth-order valence-corrected chi connectivity index (χ4v) is 7.42.